The van der Waals surface area contributed by atoms with E-state index in [1.165, 1.54) is 9.91 Å². The first-order valence-corrected chi connectivity index (χ1v) is 9.10. The highest BCUT2D eigenvalue weighted by atomic mass is 35.5. The average molecular weight is 401 g/mol. The summed E-state index contributed by atoms with van der Waals surface area (Å²) in [5, 5.41) is 1.90. The van der Waals surface area contributed by atoms with E-state index in [-0.39, 0.29) is 24.2 Å². The molecule has 0 fully saturated rings. The molecule has 1 unspecified atom stereocenters. The summed E-state index contributed by atoms with van der Waals surface area (Å²) in [6.45, 7) is 1.93. The van der Waals surface area contributed by atoms with Gasteiger partial charge in [0.1, 0.15) is 11.8 Å². The van der Waals surface area contributed by atoms with Crippen molar-refractivity contribution < 1.29 is 14.3 Å². The number of methoxy groups -OCH3 is 1. The van der Waals surface area contributed by atoms with E-state index in [1.54, 1.807) is 51.4 Å². The lowest BCUT2D eigenvalue weighted by atomic mass is 10.2. The minimum atomic E-state index is -0.672. The van der Waals surface area contributed by atoms with Crippen LogP contribution in [-0.4, -0.2) is 42.7 Å². The molecule has 0 aromatic heterocycles. The molecule has 2 aromatic rings. The lowest BCUT2D eigenvalue weighted by molar-refractivity contribution is -0.124. The average Bonchev–Trinajstić information content (AvgIpc) is 2.70. The second-order valence-electron chi connectivity index (χ2n) is 6.39. The lowest BCUT2D eigenvalue weighted by Crippen LogP contribution is -2.58. The predicted molar refractivity (Wildman–Crippen MR) is 108 cm³/mol. The van der Waals surface area contributed by atoms with Crippen molar-refractivity contribution in [3.05, 3.63) is 59.1 Å². The van der Waals surface area contributed by atoms with Crippen molar-refractivity contribution in [1.29, 1.82) is 0 Å². The highest BCUT2D eigenvalue weighted by molar-refractivity contribution is 6.39. The minimum absolute atomic E-state index is 0.0967. The van der Waals surface area contributed by atoms with Gasteiger partial charge < -0.3 is 9.64 Å². The number of nitrogens with one attached hydrogen (secondary N) is 1. The number of carbonyl (C=O) groups is 2. The van der Waals surface area contributed by atoms with Gasteiger partial charge >= 0.3 is 0 Å². The number of hydrogen-bond donors (Lipinski definition) is 1. The van der Waals surface area contributed by atoms with Crippen LogP contribution < -0.4 is 15.2 Å². The van der Waals surface area contributed by atoms with Gasteiger partial charge in [-0.1, -0.05) is 29.8 Å². The molecule has 2 aromatic carbocycles. The molecule has 2 amide bonds. The number of amides is 2. The zero-order valence-corrected chi connectivity index (χ0v) is 16.6. The van der Waals surface area contributed by atoms with E-state index >= 15 is 0 Å². The topological polar surface area (TPSA) is 74.2 Å². The van der Waals surface area contributed by atoms with E-state index in [9.17, 15) is 9.59 Å². The van der Waals surface area contributed by atoms with Gasteiger partial charge in [0.2, 0.25) is 5.84 Å². The monoisotopic (exact) mass is 400 g/mol. The second kappa shape index (κ2) is 8.31. The van der Waals surface area contributed by atoms with Crippen molar-refractivity contribution in [1.82, 2.24) is 10.3 Å². The Bertz CT molecular complexity index is 917. The van der Waals surface area contributed by atoms with Crippen LogP contribution in [0.1, 0.15) is 12.5 Å². The zero-order valence-electron chi connectivity index (χ0n) is 15.8. The van der Waals surface area contributed by atoms with Crippen molar-refractivity contribution >= 4 is 34.9 Å². The van der Waals surface area contributed by atoms with Crippen LogP contribution in [0.3, 0.4) is 0 Å². The number of hydrazine groups is 1. The molecule has 0 spiro atoms. The van der Waals surface area contributed by atoms with E-state index in [2.05, 4.69) is 10.4 Å². The molecule has 1 aliphatic rings. The van der Waals surface area contributed by atoms with Gasteiger partial charge in [-0.25, -0.2) is 10.0 Å². The summed E-state index contributed by atoms with van der Waals surface area (Å²) < 4.78 is 5.34. The summed E-state index contributed by atoms with van der Waals surface area (Å²) in [5.41, 5.74) is 4.25. The fraction of sp³-hybridized carbons (Fsp3) is 0.250. The van der Waals surface area contributed by atoms with Crippen LogP contribution in [0.25, 0.3) is 0 Å². The number of aliphatic imine (C=N–C) groups is 1. The standard InChI is InChI=1S/C20H21ClN4O3/c1-13-19(26)25(16-7-5-4-6-8-16)23-18(22-13)20(27)24(2)12-14-11-15(21)9-10-17(14)28-3/h4-11,13H,12H2,1-3H3,(H,22,23). The first-order valence-electron chi connectivity index (χ1n) is 8.72. The molecule has 28 heavy (non-hydrogen) atoms. The number of amidine groups is 1. The molecule has 0 saturated carbocycles. The quantitative estimate of drug-likeness (QED) is 0.837. The van der Waals surface area contributed by atoms with Crippen LogP contribution in [0.4, 0.5) is 5.69 Å². The van der Waals surface area contributed by atoms with Crippen LogP contribution in [0.15, 0.2) is 53.5 Å². The molecular formula is C20H21ClN4O3. The SMILES string of the molecule is COc1ccc(Cl)cc1CN(C)C(=O)C1=NC(C)C(=O)N(c2ccccc2)N1. The van der Waals surface area contributed by atoms with E-state index in [1.807, 2.05) is 18.2 Å². The van der Waals surface area contributed by atoms with Crippen molar-refractivity contribution in [3.63, 3.8) is 0 Å². The summed E-state index contributed by atoms with van der Waals surface area (Å²) in [4.78, 5) is 31.1. The van der Waals surface area contributed by atoms with Gasteiger partial charge in [0.05, 0.1) is 12.8 Å². The third-order valence-electron chi connectivity index (χ3n) is 4.33. The Morgan fingerprint density at radius 1 is 1.29 bits per heavy atom. The number of ether oxygens (including phenoxy) is 1. The maximum absolute atomic E-state index is 12.9. The number of benzene rings is 2. The molecule has 0 bridgehead atoms. The molecule has 0 saturated heterocycles. The Balaban J connectivity index is 1.80. The van der Waals surface area contributed by atoms with Crippen molar-refractivity contribution in [2.75, 3.05) is 19.2 Å². The van der Waals surface area contributed by atoms with Crippen LogP contribution in [0, 0.1) is 0 Å². The number of likely N-dealkylation sites (N-methyl/N-ethyl adjacent to an activating group) is 1. The molecular weight excluding hydrogens is 380 g/mol. The summed E-state index contributed by atoms with van der Waals surface area (Å²) in [6.07, 6.45) is 0. The van der Waals surface area contributed by atoms with Crippen LogP contribution >= 0.6 is 11.6 Å². The van der Waals surface area contributed by atoms with E-state index < -0.39 is 6.04 Å². The highest BCUT2D eigenvalue weighted by Crippen LogP contribution is 2.24. The largest absolute Gasteiger partial charge is 0.496 e. The van der Waals surface area contributed by atoms with Crippen molar-refractivity contribution in [2.45, 2.75) is 19.5 Å². The number of nitrogens with zero attached hydrogens (tertiary/aromatic N) is 3. The smallest absolute Gasteiger partial charge is 0.290 e. The molecule has 3 rings (SSSR count). The van der Waals surface area contributed by atoms with Gasteiger partial charge in [-0.05, 0) is 37.3 Å². The van der Waals surface area contributed by atoms with Gasteiger partial charge in [0.15, 0.2) is 0 Å². The zero-order chi connectivity index (χ0) is 20.3. The van der Waals surface area contributed by atoms with Crippen LogP contribution in [0.2, 0.25) is 5.02 Å². The lowest BCUT2D eigenvalue weighted by Gasteiger charge is -2.31. The van der Waals surface area contributed by atoms with E-state index in [0.29, 0.717) is 16.5 Å². The minimum Gasteiger partial charge on any atom is -0.496 e. The van der Waals surface area contributed by atoms with Crippen molar-refractivity contribution in [2.24, 2.45) is 4.99 Å². The van der Waals surface area contributed by atoms with Gasteiger partial charge in [-0.3, -0.25) is 15.0 Å². The number of hydrogen-bond acceptors (Lipinski definition) is 5. The molecule has 1 N–H and O–H groups in total. The molecule has 0 aliphatic carbocycles. The maximum atomic E-state index is 12.9. The maximum Gasteiger partial charge on any atom is 0.290 e. The molecule has 1 aliphatic heterocycles. The Morgan fingerprint density at radius 3 is 2.68 bits per heavy atom. The predicted octanol–water partition coefficient (Wildman–Crippen LogP) is 2.65. The normalized spacial score (nSPS) is 16.3. The van der Waals surface area contributed by atoms with Crippen molar-refractivity contribution in [3.8, 4) is 5.75 Å². The number of carbonyl (C=O) groups excluding carboxylic acids is 2. The summed E-state index contributed by atoms with van der Waals surface area (Å²) >= 11 is 6.07. The van der Waals surface area contributed by atoms with E-state index in [0.717, 1.165) is 5.56 Å². The summed E-state index contributed by atoms with van der Waals surface area (Å²) in [6, 6.07) is 13.6. The first kappa shape index (κ1) is 19.7. The number of halogens is 1. The Kier molecular flexibility index (Phi) is 5.84. The van der Waals surface area contributed by atoms with Gasteiger partial charge in [-0.15, -0.1) is 0 Å². The third kappa shape index (κ3) is 4.09. The van der Waals surface area contributed by atoms with E-state index in [4.69, 9.17) is 16.3 Å². The molecule has 1 heterocycles. The Labute approximate surface area is 168 Å². The third-order valence-corrected chi connectivity index (χ3v) is 4.57. The Hall–Kier alpha value is -3.06. The first-order chi connectivity index (χ1) is 13.4. The van der Waals surface area contributed by atoms with Crippen LogP contribution in [-0.2, 0) is 16.1 Å². The fourth-order valence-electron chi connectivity index (χ4n) is 2.88. The fourth-order valence-corrected chi connectivity index (χ4v) is 3.07. The highest BCUT2D eigenvalue weighted by Gasteiger charge is 2.32. The molecule has 7 nitrogen and oxygen atoms in total. The molecule has 1 atom stereocenters. The second-order valence-corrected chi connectivity index (χ2v) is 6.83. The summed E-state index contributed by atoms with van der Waals surface area (Å²) in [7, 11) is 3.22. The molecule has 0 radical (unpaired) electrons. The molecule has 146 valence electrons. The van der Waals surface area contributed by atoms with Gasteiger partial charge in [-0.2, -0.15) is 0 Å². The summed E-state index contributed by atoms with van der Waals surface area (Å²) in [5.74, 6) is 0.153. The Morgan fingerprint density at radius 2 is 2.00 bits per heavy atom. The number of rotatable bonds is 5. The number of para-hydroxylation sites is 1. The van der Waals surface area contributed by atoms with Crippen LogP contribution in [0.5, 0.6) is 5.75 Å². The molecule has 8 heteroatoms. The van der Waals surface area contributed by atoms with Gasteiger partial charge in [0.25, 0.3) is 11.8 Å². The number of anilines is 1. The van der Waals surface area contributed by atoms with Gasteiger partial charge in [0, 0.05) is 24.2 Å².